The largest absolute Gasteiger partial charge is 0.0625 e. The Labute approximate surface area is 94.1 Å². The summed E-state index contributed by atoms with van der Waals surface area (Å²) in [7, 11) is 0. The second-order valence-corrected chi connectivity index (χ2v) is 4.78. The smallest absolute Gasteiger partial charge is 0 e. The van der Waals surface area contributed by atoms with Gasteiger partial charge in [-0.15, -0.1) is 0 Å². The van der Waals surface area contributed by atoms with Crippen molar-refractivity contribution in [3.8, 4) is 0 Å². The van der Waals surface area contributed by atoms with Crippen molar-refractivity contribution < 1.29 is 16.8 Å². The monoisotopic (exact) mass is 227 g/mol. The van der Waals surface area contributed by atoms with Crippen molar-refractivity contribution in [1.29, 1.82) is 0 Å². The maximum absolute atomic E-state index is 2.34. The first-order chi connectivity index (χ1) is 5.79. The topological polar surface area (TPSA) is 0 Å². The van der Waals surface area contributed by atoms with Gasteiger partial charge < -0.3 is 0 Å². The van der Waals surface area contributed by atoms with E-state index in [0.29, 0.717) is 0 Å². The van der Waals surface area contributed by atoms with Gasteiger partial charge in [-0.05, 0) is 11.8 Å². The molecule has 13 heavy (non-hydrogen) atoms. The Bertz CT molecular complexity index is 85.7. The molecule has 0 aliphatic heterocycles. The minimum Gasteiger partial charge on any atom is -0.0625 e. The standard InChI is InChI=1S/2C6H12.Co/c2*1-6-4-2-3-5-6;/h2*6H,2-5H2,1H3;. The summed E-state index contributed by atoms with van der Waals surface area (Å²) in [6.07, 6.45) is 11.9. The summed E-state index contributed by atoms with van der Waals surface area (Å²) in [6, 6.07) is 0. The van der Waals surface area contributed by atoms with E-state index in [4.69, 9.17) is 0 Å². The molecule has 0 aromatic carbocycles. The third-order valence-electron chi connectivity index (χ3n) is 3.29. The zero-order valence-electron chi connectivity index (χ0n) is 9.14. The molecular formula is C12H24Co. The molecule has 0 nitrogen and oxygen atoms in total. The molecule has 0 atom stereocenters. The summed E-state index contributed by atoms with van der Waals surface area (Å²) in [5, 5.41) is 0. The van der Waals surface area contributed by atoms with E-state index in [9.17, 15) is 0 Å². The van der Waals surface area contributed by atoms with Crippen molar-refractivity contribution in [2.75, 3.05) is 0 Å². The fourth-order valence-corrected chi connectivity index (χ4v) is 2.26. The Morgan fingerprint density at radius 1 is 0.615 bits per heavy atom. The van der Waals surface area contributed by atoms with Crippen LogP contribution in [0.15, 0.2) is 0 Å². The van der Waals surface area contributed by atoms with Crippen LogP contribution < -0.4 is 0 Å². The molecule has 0 spiro atoms. The van der Waals surface area contributed by atoms with Gasteiger partial charge in [-0.1, -0.05) is 65.2 Å². The normalized spacial score (nSPS) is 23.5. The second kappa shape index (κ2) is 7.87. The molecule has 2 aliphatic rings. The van der Waals surface area contributed by atoms with Gasteiger partial charge in [0, 0.05) is 16.8 Å². The molecule has 0 unspecified atom stereocenters. The van der Waals surface area contributed by atoms with E-state index in [1.54, 1.807) is 0 Å². The molecule has 0 heterocycles. The Balaban J connectivity index is 0.000000206. The maximum Gasteiger partial charge on any atom is 0 e. The fraction of sp³-hybridized carbons (Fsp3) is 1.00. The molecule has 81 valence electrons. The average molecular weight is 227 g/mol. The van der Waals surface area contributed by atoms with E-state index in [1.165, 1.54) is 51.4 Å². The van der Waals surface area contributed by atoms with Gasteiger partial charge in [0.15, 0.2) is 0 Å². The van der Waals surface area contributed by atoms with Crippen LogP contribution in [0, 0.1) is 11.8 Å². The van der Waals surface area contributed by atoms with Crippen LogP contribution in [0.4, 0.5) is 0 Å². The predicted octanol–water partition coefficient (Wildman–Crippen LogP) is 4.39. The van der Waals surface area contributed by atoms with Crippen molar-refractivity contribution in [3.05, 3.63) is 0 Å². The molecule has 2 aliphatic carbocycles. The van der Waals surface area contributed by atoms with E-state index >= 15 is 0 Å². The fourth-order valence-electron chi connectivity index (χ4n) is 2.26. The molecule has 0 saturated heterocycles. The van der Waals surface area contributed by atoms with Crippen molar-refractivity contribution in [2.24, 2.45) is 11.8 Å². The van der Waals surface area contributed by atoms with Crippen molar-refractivity contribution >= 4 is 0 Å². The van der Waals surface area contributed by atoms with Crippen LogP contribution in [0.5, 0.6) is 0 Å². The molecule has 0 N–H and O–H groups in total. The quantitative estimate of drug-likeness (QED) is 0.575. The Hall–Kier alpha value is 0.506. The summed E-state index contributed by atoms with van der Waals surface area (Å²) >= 11 is 0. The molecule has 0 aromatic rings. The molecule has 2 rings (SSSR count). The van der Waals surface area contributed by atoms with Crippen LogP contribution in [-0.2, 0) is 16.8 Å². The van der Waals surface area contributed by atoms with Crippen molar-refractivity contribution in [2.45, 2.75) is 65.2 Å². The zero-order chi connectivity index (χ0) is 8.81. The summed E-state index contributed by atoms with van der Waals surface area (Å²) in [4.78, 5) is 0. The van der Waals surface area contributed by atoms with Crippen molar-refractivity contribution in [1.82, 2.24) is 0 Å². The first-order valence-corrected chi connectivity index (χ1v) is 5.79. The van der Waals surface area contributed by atoms with E-state index in [2.05, 4.69) is 13.8 Å². The molecule has 0 aromatic heterocycles. The third-order valence-corrected chi connectivity index (χ3v) is 3.29. The van der Waals surface area contributed by atoms with E-state index in [-0.39, 0.29) is 16.8 Å². The van der Waals surface area contributed by atoms with Crippen LogP contribution in [0.25, 0.3) is 0 Å². The molecule has 2 fully saturated rings. The minimum atomic E-state index is 0. The van der Waals surface area contributed by atoms with Crippen LogP contribution in [0.3, 0.4) is 0 Å². The minimum absolute atomic E-state index is 0. The number of hydrogen-bond acceptors (Lipinski definition) is 0. The predicted molar refractivity (Wildman–Crippen MR) is 55.3 cm³/mol. The molecule has 1 radical (unpaired) electrons. The maximum atomic E-state index is 2.34. The zero-order valence-corrected chi connectivity index (χ0v) is 10.2. The molecule has 1 heteroatoms. The van der Waals surface area contributed by atoms with Crippen LogP contribution >= 0.6 is 0 Å². The van der Waals surface area contributed by atoms with Gasteiger partial charge in [0.05, 0.1) is 0 Å². The molecule has 2 saturated carbocycles. The van der Waals surface area contributed by atoms with Gasteiger partial charge in [-0.2, -0.15) is 0 Å². The first kappa shape index (κ1) is 13.5. The number of rotatable bonds is 0. The molecule has 0 amide bonds. The summed E-state index contributed by atoms with van der Waals surface area (Å²) < 4.78 is 0. The first-order valence-electron chi connectivity index (χ1n) is 5.79. The van der Waals surface area contributed by atoms with Gasteiger partial charge in [-0.25, -0.2) is 0 Å². The summed E-state index contributed by atoms with van der Waals surface area (Å²) in [5.74, 6) is 2.09. The Kier molecular flexibility index (Phi) is 8.18. The van der Waals surface area contributed by atoms with Gasteiger partial charge in [0.2, 0.25) is 0 Å². The molecule has 0 bridgehead atoms. The molecular weight excluding hydrogens is 203 g/mol. The van der Waals surface area contributed by atoms with E-state index in [0.717, 1.165) is 11.8 Å². The van der Waals surface area contributed by atoms with Crippen LogP contribution in [-0.4, -0.2) is 0 Å². The Morgan fingerprint density at radius 3 is 0.923 bits per heavy atom. The third kappa shape index (κ3) is 6.56. The number of hydrogen-bond donors (Lipinski definition) is 0. The average Bonchev–Trinajstić information content (AvgIpc) is 2.63. The SMILES string of the molecule is CC1CCCC1.CC1CCCC1.[Co]. The van der Waals surface area contributed by atoms with E-state index in [1.807, 2.05) is 0 Å². The van der Waals surface area contributed by atoms with Gasteiger partial charge in [0.25, 0.3) is 0 Å². The van der Waals surface area contributed by atoms with E-state index < -0.39 is 0 Å². The second-order valence-electron chi connectivity index (χ2n) is 4.78. The van der Waals surface area contributed by atoms with Crippen LogP contribution in [0.2, 0.25) is 0 Å². The van der Waals surface area contributed by atoms with Crippen LogP contribution in [0.1, 0.15) is 65.2 Å². The van der Waals surface area contributed by atoms with Gasteiger partial charge >= 0.3 is 0 Å². The van der Waals surface area contributed by atoms with Crippen molar-refractivity contribution in [3.63, 3.8) is 0 Å². The van der Waals surface area contributed by atoms with Gasteiger partial charge in [-0.3, -0.25) is 0 Å². The summed E-state index contributed by atoms with van der Waals surface area (Å²) in [5.41, 5.74) is 0. The Morgan fingerprint density at radius 2 is 0.846 bits per heavy atom. The van der Waals surface area contributed by atoms with Gasteiger partial charge in [0.1, 0.15) is 0 Å². The summed E-state index contributed by atoms with van der Waals surface area (Å²) in [6.45, 7) is 4.68.